The van der Waals surface area contributed by atoms with Crippen molar-refractivity contribution in [3.63, 3.8) is 0 Å². The minimum absolute atomic E-state index is 0.161. The highest BCUT2D eigenvalue weighted by molar-refractivity contribution is 14.1. The molecule has 0 saturated carbocycles. The Morgan fingerprint density at radius 2 is 1.92 bits per heavy atom. The molecule has 0 saturated heterocycles. The van der Waals surface area contributed by atoms with E-state index in [1.165, 1.54) is 14.8 Å². The zero-order valence-electron chi connectivity index (χ0n) is 7.98. The van der Waals surface area contributed by atoms with Gasteiger partial charge in [-0.25, -0.2) is 0 Å². The number of aryl methyl sites for hydroxylation is 1. The lowest BCUT2D eigenvalue weighted by Gasteiger charge is -2.19. The summed E-state index contributed by atoms with van der Waals surface area (Å²) in [5.74, 6) is 0. The van der Waals surface area contributed by atoms with Gasteiger partial charge in [0.05, 0.1) is 0 Å². The van der Waals surface area contributed by atoms with Crippen LogP contribution >= 0.6 is 22.6 Å². The lowest BCUT2D eigenvalue weighted by atomic mass is 9.89. The van der Waals surface area contributed by atoms with Crippen molar-refractivity contribution in [2.75, 3.05) is 0 Å². The van der Waals surface area contributed by atoms with Crippen LogP contribution < -0.4 is 0 Å². The third kappa shape index (κ3) is 2.19. The molecule has 0 fully saturated rings. The van der Waals surface area contributed by atoms with Crippen LogP contribution in [0.2, 0.25) is 0 Å². The first-order valence-corrected chi connectivity index (χ1v) is 5.12. The second-order valence-corrected chi connectivity index (χ2v) is 5.31. The predicted octanol–water partition coefficient (Wildman–Crippen LogP) is 3.29. The number of nitrogens with zero attached hydrogens (tertiary/aromatic N) is 1. The van der Waals surface area contributed by atoms with Gasteiger partial charge in [-0.3, -0.25) is 4.98 Å². The monoisotopic (exact) mass is 275 g/mol. The maximum atomic E-state index is 4.44. The Kier molecular flexibility index (Phi) is 2.76. The molecule has 0 aliphatic heterocycles. The average molecular weight is 275 g/mol. The zero-order valence-corrected chi connectivity index (χ0v) is 10.1. The molecule has 0 aliphatic rings. The van der Waals surface area contributed by atoms with E-state index in [2.05, 4.69) is 61.3 Å². The Morgan fingerprint density at radius 1 is 1.33 bits per heavy atom. The molecule has 0 radical (unpaired) electrons. The lowest BCUT2D eigenvalue weighted by molar-refractivity contribution is 0.564. The van der Waals surface area contributed by atoms with Crippen molar-refractivity contribution >= 4 is 22.6 Å². The standard InChI is InChI=1S/C10H14IN/c1-7-5-8(11)6-12-9(7)10(2,3)4/h5-6H,1-4H3. The molecule has 66 valence electrons. The van der Waals surface area contributed by atoms with Crippen LogP contribution in [-0.2, 0) is 5.41 Å². The first-order valence-electron chi connectivity index (χ1n) is 4.04. The van der Waals surface area contributed by atoms with Gasteiger partial charge in [-0.1, -0.05) is 20.8 Å². The molecule has 1 nitrogen and oxygen atoms in total. The molecular formula is C10H14IN. The molecule has 0 unspecified atom stereocenters. The van der Waals surface area contributed by atoms with Gasteiger partial charge in [-0.05, 0) is 41.1 Å². The van der Waals surface area contributed by atoms with Crippen molar-refractivity contribution in [3.8, 4) is 0 Å². The van der Waals surface area contributed by atoms with Crippen LogP contribution in [0.25, 0.3) is 0 Å². The Balaban J connectivity index is 3.19. The van der Waals surface area contributed by atoms with E-state index in [9.17, 15) is 0 Å². The number of aromatic nitrogens is 1. The number of hydrogen-bond acceptors (Lipinski definition) is 1. The fourth-order valence-corrected chi connectivity index (χ4v) is 1.93. The lowest BCUT2D eigenvalue weighted by Crippen LogP contribution is -2.15. The number of rotatable bonds is 0. The molecule has 0 N–H and O–H groups in total. The summed E-state index contributed by atoms with van der Waals surface area (Å²) in [7, 11) is 0. The Hall–Kier alpha value is -0.120. The second kappa shape index (κ2) is 3.32. The van der Waals surface area contributed by atoms with Gasteiger partial charge >= 0.3 is 0 Å². The fraction of sp³-hybridized carbons (Fsp3) is 0.500. The summed E-state index contributed by atoms with van der Waals surface area (Å²) in [6, 6.07) is 2.17. The molecule has 0 atom stereocenters. The van der Waals surface area contributed by atoms with Gasteiger partial charge in [0.2, 0.25) is 0 Å². The van der Waals surface area contributed by atoms with Gasteiger partial charge in [0.25, 0.3) is 0 Å². The minimum atomic E-state index is 0.161. The average Bonchev–Trinajstić information content (AvgIpc) is 1.83. The first kappa shape index (κ1) is 9.96. The van der Waals surface area contributed by atoms with Crippen LogP contribution in [0.5, 0.6) is 0 Å². The molecule has 1 heterocycles. The number of pyridine rings is 1. The highest BCUT2D eigenvalue weighted by atomic mass is 127. The number of hydrogen-bond donors (Lipinski definition) is 0. The highest BCUT2D eigenvalue weighted by Gasteiger charge is 2.17. The normalized spacial score (nSPS) is 11.8. The van der Waals surface area contributed by atoms with Gasteiger partial charge in [-0.15, -0.1) is 0 Å². The molecule has 1 rings (SSSR count). The van der Waals surface area contributed by atoms with Gasteiger partial charge in [0.15, 0.2) is 0 Å². The summed E-state index contributed by atoms with van der Waals surface area (Å²) in [4.78, 5) is 4.44. The van der Waals surface area contributed by atoms with Crippen LogP contribution in [0.1, 0.15) is 32.0 Å². The molecule has 1 aromatic rings. The van der Waals surface area contributed by atoms with Crippen LogP contribution in [-0.4, -0.2) is 4.98 Å². The summed E-state index contributed by atoms with van der Waals surface area (Å²) in [6.45, 7) is 8.69. The minimum Gasteiger partial charge on any atom is -0.259 e. The second-order valence-electron chi connectivity index (χ2n) is 4.07. The van der Waals surface area contributed by atoms with Crippen molar-refractivity contribution in [2.45, 2.75) is 33.1 Å². The quantitative estimate of drug-likeness (QED) is 0.662. The van der Waals surface area contributed by atoms with Crippen molar-refractivity contribution in [3.05, 3.63) is 27.1 Å². The summed E-state index contributed by atoms with van der Waals surface area (Å²) in [5.41, 5.74) is 2.64. The fourth-order valence-electron chi connectivity index (χ4n) is 1.33. The predicted molar refractivity (Wildman–Crippen MR) is 60.4 cm³/mol. The van der Waals surface area contributed by atoms with Gasteiger partial charge in [0.1, 0.15) is 0 Å². The van der Waals surface area contributed by atoms with E-state index >= 15 is 0 Å². The molecular weight excluding hydrogens is 261 g/mol. The third-order valence-electron chi connectivity index (χ3n) is 1.76. The van der Waals surface area contributed by atoms with Crippen molar-refractivity contribution in [2.24, 2.45) is 0 Å². The van der Waals surface area contributed by atoms with E-state index in [1.807, 2.05) is 6.20 Å². The van der Waals surface area contributed by atoms with Gasteiger partial charge < -0.3 is 0 Å². The Morgan fingerprint density at radius 3 is 2.33 bits per heavy atom. The maximum absolute atomic E-state index is 4.44. The van der Waals surface area contributed by atoms with Crippen LogP contribution in [0.4, 0.5) is 0 Å². The summed E-state index contributed by atoms with van der Waals surface area (Å²) in [6.07, 6.45) is 1.92. The van der Waals surface area contributed by atoms with Crippen LogP contribution in [0.3, 0.4) is 0 Å². The third-order valence-corrected chi connectivity index (χ3v) is 2.35. The maximum Gasteiger partial charge on any atom is 0.0486 e. The summed E-state index contributed by atoms with van der Waals surface area (Å²) >= 11 is 2.29. The van der Waals surface area contributed by atoms with E-state index in [0.717, 1.165) is 0 Å². The van der Waals surface area contributed by atoms with Crippen LogP contribution in [0, 0.1) is 10.5 Å². The Labute approximate surface area is 87.7 Å². The van der Waals surface area contributed by atoms with E-state index in [4.69, 9.17) is 0 Å². The molecule has 0 aromatic carbocycles. The Bertz CT molecular complexity index is 286. The SMILES string of the molecule is Cc1cc(I)cnc1C(C)(C)C. The molecule has 1 aromatic heterocycles. The molecule has 2 heteroatoms. The molecule has 0 amide bonds. The van der Waals surface area contributed by atoms with Gasteiger partial charge in [-0.2, -0.15) is 0 Å². The van der Waals surface area contributed by atoms with E-state index < -0.39 is 0 Å². The molecule has 12 heavy (non-hydrogen) atoms. The zero-order chi connectivity index (χ0) is 9.35. The van der Waals surface area contributed by atoms with Crippen molar-refractivity contribution in [1.29, 1.82) is 0 Å². The molecule has 0 bridgehead atoms. The van der Waals surface area contributed by atoms with Crippen LogP contribution in [0.15, 0.2) is 12.3 Å². The van der Waals surface area contributed by atoms with Crippen molar-refractivity contribution in [1.82, 2.24) is 4.98 Å². The highest BCUT2D eigenvalue weighted by Crippen LogP contribution is 2.23. The largest absolute Gasteiger partial charge is 0.259 e. The van der Waals surface area contributed by atoms with E-state index in [-0.39, 0.29) is 5.41 Å². The summed E-state index contributed by atoms with van der Waals surface area (Å²) < 4.78 is 1.21. The van der Waals surface area contributed by atoms with E-state index in [0.29, 0.717) is 0 Å². The first-order chi connectivity index (χ1) is 5.41. The summed E-state index contributed by atoms with van der Waals surface area (Å²) in [5, 5.41) is 0. The topological polar surface area (TPSA) is 12.9 Å². The van der Waals surface area contributed by atoms with E-state index in [1.54, 1.807) is 0 Å². The van der Waals surface area contributed by atoms with Gasteiger partial charge in [0, 0.05) is 20.9 Å². The van der Waals surface area contributed by atoms with Crippen molar-refractivity contribution < 1.29 is 0 Å². The smallest absolute Gasteiger partial charge is 0.0486 e. The molecule has 0 spiro atoms. The number of halogens is 1. The molecule has 0 aliphatic carbocycles.